The number of hydrogen-bond donors (Lipinski definition) is 1. The summed E-state index contributed by atoms with van der Waals surface area (Å²) in [5.41, 5.74) is -0.562. The molecule has 2 aromatic carbocycles. The summed E-state index contributed by atoms with van der Waals surface area (Å²) in [5, 5.41) is 8.87. The van der Waals surface area contributed by atoms with Crippen LogP contribution in [-0.4, -0.2) is 16.9 Å². The second kappa shape index (κ2) is 6.92. The molecule has 0 bridgehead atoms. The third-order valence-electron chi connectivity index (χ3n) is 3.48. The SMILES string of the molecule is Cc1ccc(C(=O)Cc2ccc(C(=O)O)c(C(F)(F)F)c2)cc1I. The van der Waals surface area contributed by atoms with Gasteiger partial charge in [-0.15, -0.1) is 0 Å². The summed E-state index contributed by atoms with van der Waals surface area (Å²) in [4.78, 5) is 23.2. The van der Waals surface area contributed by atoms with Crippen LogP contribution in [0.25, 0.3) is 0 Å². The highest BCUT2D eigenvalue weighted by Crippen LogP contribution is 2.33. The molecule has 0 saturated heterocycles. The number of carbonyl (C=O) groups excluding carboxylic acids is 1. The minimum Gasteiger partial charge on any atom is -0.478 e. The highest BCUT2D eigenvalue weighted by atomic mass is 127. The van der Waals surface area contributed by atoms with E-state index in [1.165, 1.54) is 6.07 Å². The lowest BCUT2D eigenvalue weighted by molar-refractivity contribution is -0.138. The predicted molar refractivity (Wildman–Crippen MR) is 90.3 cm³/mol. The molecule has 0 heterocycles. The van der Waals surface area contributed by atoms with Crippen molar-refractivity contribution < 1.29 is 27.9 Å². The first-order valence-electron chi connectivity index (χ1n) is 6.82. The summed E-state index contributed by atoms with van der Waals surface area (Å²) in [7, 11) is 0. The molecule has 0 aliphatic rings. The monoisotopic (exact) mass is 448 g/mol. The Morgan fingerprint density at radius 3 is 2.33 bits per heavy atom. The topological polar surface area (TPSA) is 54.4 Å². The molecular weight excluding hydrogens is 436 g/mol. The molecule has 1 N–H and O–H groups in total. The number of hydrogen-bond acceptors (Lipinski definition) is 2. The minimum absolute atomic E-state index is 0.118. The van der Waals surface area contributed by atoms with Crippen LogP contribution in [0.4, 0.5) is 13.2 Å². The van der Waals surface area contributed by atoms with E-state index in [4.69, 9.17) is 5.11 Å². The van der Waals surface area contributed by atoms with E-state index in [0.29, 0.717) is 5.56 Å². The molecule has 126 valence electrons. The third-order valence-corrected chi connectivity index (χ3v) is 4.64. The predicted octanol–water partition coefficient (Wildman–Crippen LogP) is 4.74. The molecule has 24 heavy (non-hydrogen) atoms. The fourth-order valence-electron chi connectivity index (χ4n) is 2.18. The van der Waals surface area contributed by atoms with E-state index in [0.717, 1.165) is 21.3 Å². The Kier molecular flexibility index (Phi) is 5.32. The van der Waals surface area contributed by atoms with Gasteiger partial charge in [0.15, 0.2) is 5.78 Å². The first kappa shape index (κ1) is 18.4. The number of aryl methyl sites for hydroxylation is 1. The molecule has 0 aromatic heterocycles. The smallest absolute Gasteiger partial charge is 0.417 e. The maximum Gasteiger partial charge on any atom is 0.417 e. The first-order valence-corrected chi connectivity index (χ1v) is 7.90. The molecule has 0 aliphatic carbocycles. The Morgan fingerprint density at radius 2 is 1.79 bits per heavy atom. The average Bonchev–Trinajstić information content (AvgIpc) is 2.48. The van der Waals surface area contributed by atoms with Crippen LogP contribution in [0.3, 0.4) is 0 Å². The van der Waals surface area contributed by atoms with Crippen molar-refractivity contribution in [2.24, 2.45) is 0 Å². The molecule has 3 nitrogen and oxygen atoms in total. The van der Waals surface area contributed by atoms with Crippen molar-refractivity contribution >= 4 is 34.3 Å². The zero-order chi connectivity index (χ0) is 18.1. The number of Topliss-reactive ketones (excluding diaryl/α,β-unsaturated/α-hetero) is 1. The number of halogens is 4. The van der Waals surface area contributed by atoms with Gasteiger partial charge >= 0.3 is 12.1 Å². The van der Waals surface area contributed by atoms with Crippen LogP contribution < -0.4 is 0 Å². The molecule has 2 aromatic rings. The molecule has 0 amide bonds. The molecule has 2 rings (SSSR count). The second-order valence-corrected chi connectivity index (χ2v) is 6.41. The van der Waals surface area contributed by atoms with E-state index in [-0.39, 0.29) is 17.8 Å². The lowest BCUT2D eigenvalue weighted by Gasteiger charge is -2.12. The van der Waals surface area contributed by atoms with Crippen LogP contribution in [0.2, 0.25) is 0 Å². The maximum atomic E-state index is 13.0. The largest absolute Gasteiger partial charge is 0.478 e. The summed E-state index contributed by atoms with van der Waals surface area (Å²) in [5.74, 6) is -1.99. The van der Waals surface area contributed by atoms with Gasteiger partial charge in [0.1, 0.15) is 0 Å². The highest BCUT2D eigenvalue weighted by Gasteiger charge is 2.35. The van der Waals surface area contributed by atoms with E-state index in [2.05, 4.69) is 22.6 Å². The Bertz CT molecular complexity index is 813. The van der Waals surface area contributed by atoms with Gasteiger partial charge < -0.3 is 5.11 Å². The molecule has 0 atom stereocenters. The summed E-state index contributed by atoms with van der Waals surface area (Å²) < 4.78 is 39.9. The number of carboxylic acids is 1. The maximum absolute atomic E-state index is 13.0. The van der Waals surface area contributed by atoms with Crippen molar-refractivity contribution in [1.29, 1.82) is 0 Å². The third kappa shape index (κ3) is 4.14. The van der Waals surface area contributed by atoms with E-state index < -0.39 is 23.3 Å². The molecule has 0 spiro atoms. The summed E-state index contributed by atoms with van der Waals surface area (Å²) in [6.07, 6.45) is -5.03. The molecule has 0 radical (unpaired) electrons. The number of carboxylic acid groups (broad SMARTS) is 1. The van der Waals surface area contributed by atoms with Gasteiger partial charge in [-0.2, -0.15) is 13.2 Å². The highest BCUT2D eigenvalue weighted by molar-refractivity contribution is 14.1. The zero-order valence-corrected chi connectivity index (χ0v) is 14.6. The van der Waals surface area contributed by atoms with E-state index >= 15 is 0 Å². The Morgan fingerprint density at radius 1 is 1.12 bits per heavy atom. The van der Waals surface area contributed by atoms with Gasteiger partial charge in [0.25, 0.3) is 0 Å². The van der Waals surface area contributed by atoms with Crippen LogP contribution in [-0.2, 0) is 12.6 Å². The Labute approximate surface area is 149 Å². The van der Waals surface area contributed by atoms with Crippen LogP contribution in [0, 0.1) is 10.5 Å². The van der Waals surface area contributed by atoms with Crippen LogP contribution >= 0.6 is 22.6 Å². The number of alkyl halides is 3. The van der Waals surface area contributed by atoms with Crippen molar-refractivity contribution in [1.82, 2.24) is 0 Å². The van der Waals surface area contributed by atoms with Gasteiger partial charge in [-0.1, -0.05) is 18.2 Å². The number of aromatic carboxylic acids is 1. The standard InChI is InChI=1S/C17H12F3IO3/c1-9-2-4-11(8-14(9)21)15(22)7-10-3-5-12(16(23)24)13(6-10)17(18,19)20/h2-6,8H,7H2,1H3,(H,23,24). The Balaban J connectivity index is 2.34. The number of rotatable bonds is 4. The quantitative estimate of drug-likeness (QED) is 0.543. The van der Waals surface area contributed by atoms with Crippen LogP contribution in [0.5, 0.6) is 0 Å². The van der Waals surface area contributed by atoms with E-state index in [1.54, 1.807) is 18.2 Å². The fourth-order valence-corrected chi connectivity index (χ4v) is 2.69. The van der Waals surface area contributed by atoms with Crippen LogP contribution in [0.1, 0.15) is 37.4 Å². The first-order chi connectivity index (χ1) is 11.1. The van der Waals surface area contributed by atoms with Crippen molar-refractivity contribution in [3.8, 4) is 0 Å². The van der Waals surface area contributed by atoms with Gasteiger partial charge in [0, 0.05) is 15.6 Å². The summed E-state index contributed by atoms with van der Waals surface area (Å²) in [6, 6.07) is 7.90. The fraction of sp³-hybridized carbons (Fsp3) is 0.176. The van der Waals surface area contributed by atoms with E-state index in [9.17, 15) is 22.8 Å². The molecule has 7 heteroatoms. The molecule has 0 unspecified atom stereocenters. The van der Waals surface area contributed by atoms with Gasteiger partial charge in [0.05, 0.1) is 11.1 Å². The minimum atomic E-state index is -4.80. The summed E-state index contributed by atoms with van der Waals surface area (Å²) >= 11 is 2.08. The Hall–Kier alpha value is -1.90. The molecule has 0 aliphatic heterocycles. The number of carbonyl (C=O) groups is 2. The molecule has 0 saturated carbocycles. The lowest BCUT2D eigenvalue weighted by Crippen LogP contribution is -2.14. The van der Waals surface area contributed by atoms with Gasteiger partial charge in [-0.25, -0.2) is 4.79 Å². The van der Waals surface area contributed by atoms with Crippen LogP contribution in [0.15, 0.2) is 36.4 Å². The number of benzene rings is 2. The van der Waals surface area contributed by atoms with Gasteiger partial charge in [0.2, 0.25) is 0 Å². The van der Waals surface area contributed by atoms with E-state index in [1.807, 2.05) is 6.92 Å². The van der Waals surface area contributed by atoms with Gasteiger partial charge in [-0.3, -0.25) is 4.79 Å². The lowest BCUT2D eigenvalue weighted by atomic mass is 9.98. The molecule has 0 fully saturated rings. The summed E-state index contributed by atoms with van der Waals surface area (Å²) in [6.45, 7) is 1.89. The normalized spacial score (nSPS) is 11.4. The van der Waals surface area contributed by atoms with Crippen molar-refractivity contribution in [2.45, 2.75) is 19.5 Å². The van der Waals surface area contributed by atoms with Crippen molar-refractivity contribution in [3.05, 3.63) is 67.8 Å². The van der Waals surface area contributed by atoms with Crippen molar-refractivity contribution in [3.63, 3.8) is 0 Å². The second-order valence-electron chi connectivity index (χ2n) is 5.25. The van der Waals surface area contributed by atoms with Crippen molar-refractivity contribution in [2.75, 3.05) is 0 Å². The number of ketones is 1. The van der Waals surface area contributed by atoms with Gasteiger partial charge in [-0.05, 0) is 58.8 Å². The zero-order valence-electron chi connectivity index (χ0n) is 12.4. The molecular formula is C17H12F3IO3. The average molecular weight is 448 g/mol.